The fourth-order valence-electron chi connectivity index (χ4n) is 4.59. The normalized spacial score (nSPS) is 24.5. The van der Waals surface area contributed by atoms with Crippen molar-refractivity contribution in [2.45, 2.75) is 24.2 Å². The number of ether oxygens (including phenoxy) is 4. The minimum atomic E-state index is -3.77. The number of aromatic carboxylic acids is 1. The molecule has 6 rings (SSSR count). The first kappa shape index (κ1) is 22.3. The minimum absolute atomic E-state index is 0.0100. The Hall–Kier alpha value is -4.18. The van der Waals surface area contributed by atoms with E-state index in [1.165, 1.54) is 24.3 Å². The predicted octanol–water partition coefficient (Wildman–Crippen LogP) is 4.27. The smallest absolute Gasteiger partial charge is 0.492 e. The molecule has 2 N–H and O–H groups in total. The molecule has 184 valence electrons. The van der Waals surface area contributed by atoms with Crippen LogP contribution in [0.4, 0.5) is 14.5 Å². The van der Waals surface area contributed by atoms with Gasteiger partial charge in [-0.25, -0.2) is 4.79 Å². The van der Waals surface area contributed by atoms with Crippen molar-refractivity contribution in [1.82, 2.24) is 0 Å². The lowest BCUT2D eigenvalue weighted by atomic mass is 9.83. The summed E-state index contributed by atoms with van der Waals surface area (Å²) in [5, 5.41) is 12.0. The van der Waals surface area contributed by atoms with E-state index < -0.39 is 23.3 Å². The van der Waals surface area contributed by atoms with Crippen LogP contribution in [0.1, 0.15) is 34.0 Å². The number of benzene rings is 3. The van der Waals surface area contributed by atoms with E-state index in [0.717, 1.165) is 11.1 Å². The predicted molar refractivity (Wildman–Crippen MR) is 121 cm³/mol. The summed E-state index contributed by atoms with van der Waals surface area (Å²) in [4.78, 5) is 24.5. The number of rotatable bonds is 5. The Balaban J connectivity index is 1.25. The summed E-state index contributed by atoms with van der Waals surface area (Å²) < 4.78 is 47.4. The van der Waals surface area contributed by atoms with Gasteiger partial charge in [-0.1, -0.05) is 24.3 Å². The molecule has 0 bridgehead atoms. The minimum Gasteiger partial charge on any atom is -0.492 e. The van der Waals surface area contributed by atoms with Gasteiger partial charge < -0.3 is 29.4 Å². The van der Waals surface area contributed by atoms with Gasteiger partial charge in [0.25, 0.3) is 0 Å². The number of amides is 1. The van der Waals surface area contributed by atoms with Gasteiger partial charge in [0.1, 0.15) is 23.4 Å². The molecule has 8 nitrogen and oxygen atoms in total. The van der Waals surface area contributed by atoms with E-state index in [0.29, 0.717) is 17.9 Å². The molecular weight excluding hydrogens is 476 g/mol. The fraction of sp³-hybridized carbons (Fsp3) is 0.231. The molecule has 1 unspecified atom stereocenters. The van der Waals surface area contributed by atoms with Crippen molar-refractivity contribution in [1.29, 1.82) is 0 Å². The first-order chi connectivity index (χ1) is 17.1. The maximum atomic E-state index is 13.5. The van der Waals surface area contributed by atoms with Crippen molar-refractivity contribution in [2.24, 2.45) is 0 Å². The largest absolute Gasteiger partial charge is 0.586 e. The van der Waals surface area contributed by atoms with E-state index in [2.05, 4.69) is 14.8 Å². The van der Waals surface area contributed by atoms with Crippen LogP contribution in [0.5, 0.6) is 17.2 Å². The average molecular weight is 495 g/mol. The van der Waals surface area contributed by atoms with Gasteiger partial charge in [0.15, 0.2) is 11.5 Å². The van der Waals surface area contributed by atoms with Crippen LogP contribution in [0.3, 0.4) is 0 Å². The number of carboxylic acid groups (broad SMARTS) is 1. The van der Waals surface area contributed by atoms with Gasteiger partial charge in [0, 0.05) is 17.3 Å². The topological polar surface area (TPSA) is 107 Å². The van der Waals surface area contributed by atoms with Gasteiger partial charge in [-0.15, -0.1) is 8.78 Å². The molecular formula is C26H19F2NO7. The zero-order valence-electron chi connectivity index (χ0n) is 18.8. The second kappa shape index (κ2) is 7.41. The summed E-state index contributed by atoms with van der Waals surface area (Å²) in [6.07, 6.45) is -3.77. The quantitative estimate of drug-likeness (QED) is 0.509. The van der Waals surface area contributed by atoms with Crippen molar-refractivity contribution in [3.63, 3.8) is 0 Å². The molecule has 1 amide bonds. The molecule has 0 radical (unpaired) electrons. The van der Waals surface area contributed by atoms with Crippen LogP contribution in [-0.4, -0.2) is 36.5 Å². The second-order valence-electron chi connectivity index (χ2n) is 9.12. The molecule has 10 heteroatoms. The number of fused-ring (bicyclic) bond motifs is 2. The van der Waals surface area contributed by atoms with E-state index >= 15 is 0 Å². The molecule has 0 aromatic heterocycles. The lowest BCUT2D eigenvalue weighted by molar-refractivity contribution is -0.286. The maximum absolute atomic E-state index is 13.5. The zero-order chi connectivity index (χ0) is 25.3. The van der Waals surface area contributed by atoms with Crippen molar-refractivity contribution in [2.75, 3.05) is 18.5 Å². The number of alkyl halides is 2. The molecule has 0 spiro atoms. The molecule has 1 fully saturated rings. The van der Waals surface area contributed by atoms with E-state index in [4.69, 9.17) is 14.6 Å². The molecule has 3 aliphatic heterocycles. The third-order valence-electron chi connectivity index (χ3n) is 6.73. The number of anilines is 1. The number of epoxide rings is 1. The van der Waals surface area contributed by atoms with Gasteiger partial charge in [-0.05, 0) is 48.4 Å². The Morgan fingerprint density at radius 3 is 2.28 bits per heavy atom. The molecule has 36 heavy (non-hydrogen) atoms. The Bertz CT molecular complexity index is 1420. The van der Waals surface area contributed by atoms with Gasteiger partial charge in [0.2, 0.25) is 5.91 Å². The van der Waals surface area contributed by atoms with Crippen LogP contribution in [0.2, 0.25) is 0 Å². The summed E-state index contributed by atoms with van der Waals surface area (Å²) in [6.45, 7) is 2.08. The van der Waals surface area contributed by atoms with E-state index in [-0.39, 0.29) is 35.3 Å². The van der Waals surface area contributed by atoms with Gasteiger partial charge in [-0.3, -0.25) is 4.79 Å². The number of hydrogen-bond acceptors (Lipinski definition) is 6. The monoisotopic (exact) mass is 495 g/mol. The molecule has 0 saturated carbocycles. The third kappa shape index (κ3) is 3.44. The van der Waals surface area contributed by atoms with E-state index in [9.17, 15) is 18.4 Å². The highest BCUT2D eigenvalue weighted by Crippen LogP contribution is 2.50. The first-order valence-corrected chi connectivity index (χ1v) is 11.1. The molecule has 3 aliphatic rings. The van der Waals surface area contributed by atoms with Crippen LogP contribution in [0.25, 0.3) is 0 Å². The average Bonchev–Trinajstić information content (AvgIpc) is 3.51. The lowest BCUT2D eigenvalue weighted by Crippen LogP contribution is -2.39. The van der Waals surface area contributed by atoms with Crippen LogP contribution in [-0.2, 0) is 20.5 Å². The second-order valence-corrected chi connectivity index (χ2v) is 9.12. The first-order valence-electron chi connectivity index (χ1n) is 11.1. The van der Waals surface area contributed by atoms with Crippen molar-refractivity contribution >= 4 is 17.6 Å². The summed E-state index contributed by atoms with van der Waals surface area (Å²) in [6, 6.07) is 16.3. The Labute approximate surface area is 203 Å². The van der Waals surface area contributed by atoms with Crippen LogP contribution >= 0.6 is 0 Å². The Morgan fingerprint density at radius 1 is 0.917 bits per heavy atom. The summed E-state index contributed by atoms with van der Waals surface area (Å²) in [5.74, 6) is -1.44. The number of carboxylic acids is 1. The molecule has 0 aliphatic carbocycles. The standard InChI is InChI=1S/C26H19F2NO7/c1-24(12-33-19-11-21-20(10-18(19)24)35-26(27,28)36-21)23(32)29-17-4-2-3-16(9-17)25(13-34-25)15-7-5-14(6-8-15)22(30)31/h2-11H,12-13H2,1H3,(H,29,32)(H,30,31)/t24-,25?/m0/s1. The highest BCUT2D eigenvalue weighted by molar-refractivity contribution is 6.00. The summed E-state index contributed by atoms with van der Waals surface area (Å²) in [5.41, 5.74) is 0.800. The van der Waals surface area contributed by atoms with Crippen molar-refractivity contribution < 1.29 is 42.4 Å². The number of nitrogens with one attached hydrogen (secondary N) is 1. The molecule has 3 heterocycles. The summed E-state index contributed by atoms with van der Waals surface area (Å²) >= 11 is 0. The Kier molecular flexibility index (Phi) is 4.59. The number of carbonyl (C=O) groups excluding carboxylic acids is 1. The number of carbonyl (C=O) groups is 2. The maximum Gasteiger partial charge on any atom is 0.586 e. The number of hydrogen-bond donors (Lipinski definition) is 2. The fourth-order valence-corrected chi connectivity index (χ4v) is 4.59. The van der Waals surface area contributed by atoms with Crippen molar-refractivity contribution in [3.05, 3.63) is 82.9 Å². The van der Waals surface area contributed by atoms with E-state index in [1.807, 2.05) is 6.07 Å². The van der Waals surface area contributed by atoms with Gasteiger partial charge >= 0.3 is 12.3 Å². The highest BCUT2D eigenvalue weighted by Gasteiger charge is 2.50. The molecule has 2 atom stereocenters. The molecule has 1 saturated heterocycles. The zero-order valence-corrected chi connectivity index (χ0v) is 18.8. The van der Waals surface area contributed by atoms with Gasteiger partial charge in [-0.2, -0.15) is 0 Å². The highest BCUT2D eigenvalue weighted by atomic mass is 19.3. The Morgan fingerprint density at radius 2 is 1.61 bits per heavy atom. The van der Waals surface area contributed by atoms with Gasteiger partial charge in [0.05, 0.1) is 12.2 Å². The molecule has 3 aromatic rings. The number of halogens is 2. The SMILES string of the molecule is C[C@]1(C(=O)Nc2cccc(C3(c4ccc(C(=O)O)cc4)CO3)c2)COc2cc3c(cc21)OC(F)(F)O3. The van der Waals surface area contributed by atoms with Crippen LogP contribution in [0.15, 0.2) is 60.7 Å². The van der Waals surface area contributed by atoms with Crippen molar-refractivity contribution in [3.8, 4) is 17.2 Å². The summed E-state index contributed by atoms with van der Waals surface area (Å²) in [7, 11) is 0. The molecule has 3 aromatic carbocycles. The third-order valence-corrected chi connectivity index (χ3v) is 6.73. The lowest BCUT2D eigenvalue weighted by Gasteiger charge is -2.22. The van der Waals surface area contributed by atoms with Crippen LogP contribution in [0, 0.1) is 0 Å². The van der Waals surface area contributed by atoms with E-state index in [1.54, 1.807) is 37.3 Å². The van der Waals surface area contributed by atoms with Crippen LogP contribution < -0.4 is 19.5 Å².